The summed E-state index contributed by atoms with van der Waals surface area (Å²) < 4.78 is 2.25. The van der Waals surface area contributed by atoms with Crippen molar-refractivity contribution in [3.63, 3.8) is 0 Å². The van der Waals surface area contributed by atoms with Crippen LogP contribution in [0.5, 0.6) is 0 Å². The molecule has 0 amide bonds. The molecule has 30 heavy (non-hydrogen) atoms. The molecular weight excluding hydrogens is 454 g/mol. The minimum Gasteiger partial charge on any atom is -0.126 e. The van der Waals surface area contributed by atoms with Gasteiger partial charge in [-0.15, -0.1) is 53.1 Å². The van der Waals surface area contributed by atoms with Gasteiger partial charge >= 0.3 is 70.3 Å². The van der Waals surface area contributed by atoms with E-state index in [9.17, 15) is 0 Å². The monoisotopic (exact) mass is 476 g/mol. The summed E-state index contributed by atoms with van der Waals surface area (Å²) in [4.78, 5) is 0. The molecule has 0 aliphatic heterocycles. The summed E-state index contributed by atoms with van der Waals surface area (Å²) in [5.74, 6) is 0. The van der Waals surface area contributed by atoms with Crippen LogP contribution in [0.4, 0.5) is 0 Å². The summed E-state index contributed by atoms with van der Waals surface area (Å²) in [6, 6.07) is 29.8. The number of rotatable bonds is 2. The summed E-state index contributed by atoms with van der Waals surface area (Å²) in [5.41, 5.74) is 2.75. The maximum atomic E-state index is 3.05. The van der Waals surface area contributed by atoms with Crippen molar-refractivity contribution in [1.29, 1.82) is 0 Å². The minimum atomic E-state index is 0. The van der Waals surface area contributed by atoms with Crippen LogP contribution < -0.4 is 9.41 Å². The van der Waals surface area contributed by atoms with Gasteiger partial charge in [-0.1, -0.05) is 36.4 Å². The molecule has 5 rings (SSSR count). The van der Waals surface area contributed by atoms with E-state index < -0.39 is 0 Å². The number of hydrogen-bond acceptors (Lipinski definition) is 0. The van der Waals surface area contributed by atoms with Gasteiger partial charge in [-0.05, 0) is 0 Å². The molecule has 0 nitrogen and oxygen atoms in total. The molecule has 0 bridgehead atoms. The van der Waals surface area contributed by atoms with Crippen LogP contribution in [0, 0.1) is 6.08 Å². The molecule has 152 valence electrons. The van der Waals surface area contributed by atoms with Crippen molar-refractivity contribution in [2.45, 2.75) is 19.8 Å². The van der Waals surface area contributed by atoms with Gasteiger partial charge in [0.1, 0.15) is 0 Å². The summed E-state index contributed by atoms with van der Waals surface area (Å²) in [5, 5.41) is 5.39. The number of halogens is 2. The molecule has 0 N–H and O–H groups in total. The fourth-order valence-corrected chi connectivity index (χ4v) is 3.71. The van der Waals surface area contributed by atoms with Gasteiger partial charge in [0.05, 0.1) is 0 Å². The number of benzene rings is 3. The molecule has 0 radical (unpaired) electrons. The van der Waals surface area contributed by atoms with Gasteiger partial charge in [-0.25, -0.2) is 11.6 Å². The van der Waals surface area contributed by atoms with Gasteiger partial charge in [0, 0.05) is 0 Å². The second-order valence-corrected chi connectivity index (χ2v) is 7.72. The average molecular weight is 478 g/mol. The van der Waals surface area contributed by atoms with Crippen LogP contribution in [0.15, 0.2) is 103 Å². The van der Waals surface area contributed by atoms with Crippen molar-refractivity contribution in [3.8, 4) is 0 Å². The Kier molecular flexibility index (Phi) is 11.8. The molecule has 0 heterocycles. The van der Waals surface area contributed by atoms with Gasteiger partial charge in [0.2, 0.25) is 0 Å². The largest absolute Gasteiger partial charge is 0.126 e. The van der Waals surface area contributed by atoms with Crippen LogP contribution in [0.3, 0.4) is 0 Å². The van der Waals surface area contributed by atoms with Crippen LogP contribution >= 0.6 is 0 Å². The van der Waals surface area contributed by atoms with Crippen LogP contribution in [-0.2, 0) is 30.7 Å². The first-order valence-electron chi connectivity index (χ1n) is 9.57. The van der Waals surface area contributed by atoms with E-state index in [2.05, 4.69) is 102 Å². The van der Waals surface area contributed by atoms with Gasteiger partial charge in [-0.3, -0.25) is 6.08 Å². The van der Waals surface area contributed by atoms with Gasteiger partial charge in [0.15, 0.2) is 0 Å². The van der Waals surface area contributed by atoms with Crippen LogP contribution in [0.1, 0.15) is 18.9 Å². The Labute approximate surface area is 192 Å². The predicted octanol–water partition coefficient (Wildman–Crippen LogP) is 0.994. The summed E-state index contributed by atoms with van der Waals surface area (Å²) >= 11 is 1.51. The zero-order chi connectivity index (χ0) is 19.6. The van der Waals surface area contributed by atoms with Crippen molar-refractivity contribution in [2.75, 3.05) is 0 Å². The summed E-state index contributed by atoms with van der Waals surface area (Å²) in [6.45, 7) is 2.08. The number of fused-ring (bicyclic) bond motifs is 3. The summed E-state index contributed by atoms with van der Waals surface area (Å²) in [6.07, 6.45) is 9.36. The topological polar surface area (TPSA) is 0 Å². The average Bonchev–Trinajstić information content (AvgIpc) is 3.36. The van der Waals surface area contributed by atoms with Crippen molar-refractivity contribution in [3.05, 3.63) is 114 Å². The van der Waals surface area contributed by atoms with Crippen molar-refractivity contribution >= 4 is 25.3 Å². The molecule has 4 aromatic rings. The molecule has 0 spiro atoms. The first-order chi connectivity index (χ1) is 13.8. The Balaban J connectivity index is 0.000000234. The molecule has 0 unspecified atom stereocenters. The predicted molar refractivity (Wildman–Crippen MR) is 119 cm³/mol. The Hall–Kier alpha value is -2.38. The second-order valence-electron chi connectivity index (χ2n) is 6.71. The third-order valence-corrected chi connectivity index (χ3v) is 5.08. The third kappa shape index (κ3) is 7.46. The van der Waals surface area contributed by atoms with Gasteiger partial charge in [-0.2, -0.15) is 6.08 Å². The van der Waals surface area contributed by atoms with E-state index in [0.29, 0.717) is 0 Å². The maximum absolute atomic E-state index is 3.05. The molecule has 3 heteroatoms. The van der Waals surface area contributed by atoms with Crippen LogP contribution in [0.2, 0.25) is 0 Å². The molecule has 0 saturated heterocycles. The quantitative estimate of drug-likeness (QED) is 0.378. The Bertz CT molecular complexity index is 1040. The zero-order valence-electron chi connectivity index (χ0n) is 17.0. The first kappa shape index (κ1) is 25.7. The molecule has 0 saturated carbocycles. The van der Waals surface area contributed by atoms with Crippen molar-refractivity contribution in [1.82, 2.24) is 0 Å². The molecule has 1 aliphatic carbocycles. The third-order valence-electron chi connectivity index (χ3n) is 4.57. The first-order valence-corrected chi connectivity index (χ1v) is 11.0. The van der Waals surface area contributed by atoms with E-state index >= 15 is 0 Å². The van der Waals surface area contributed by atoms with Gasteiger partial charge in [0.25, 0.3) is 0 Å². The molecule has 0 fully saturated rings. The molecular formula is C27H24F2Zr-2. The van der Waals surface area contributed by atoms with Crippen molar-refractivity contribution in [2.24, 2.45) is 0 Å². The maximum Gasteiger partial charge on any atom is -0.0771 e. The summed E-state index contributed by atoms with van der Waals surface area (Å²) in [7, 11) is 0. The van der Waals surface area contributed by atoms with Gasteiger partial charge < -0.3 is 9.41 Å². The zero-order valence-corrected chi connectivity index (χ0v) is 19.4. The molecule has 1 aliphatic rings. The van der Waals surface area contributed by atoms with E-state index in [1.807, 2.05) is 12.1 Å². The Morgan fingerprint density at radius 1 is 0.833 bits per heavy atom. The fourth-order valence-electron chi connectivity index (χ4n) is 3.13. The molecule has 0 atom stereocenters. The van der Waals surface area contributed by atoms with E-state index in [0.717, 1.165) is 12.8 Å². The Morgan fingerprint density at radius 3 is 1.80 bits per heavy atom. The number of allylic oxidation sites excluding steroid dienone is 4. The van der Waals surface area contributed by atoms with E-state index in [1.165, 1.54) is 56.9 Å². The fraction of sp³-hybridized carbons (Fsp3) is 0.111. The normalized spacial score (nSPS) is 11.2. The Morgan fingerprint density at radius 2 is 1.37 bits per heavy atom. The smallest absolute Gasteiger partial charge is 0.0771 e. The number of hydrogen-bond donors (Lipinski definition) is 0. The minimum absolute atomic E-state index is 0. The van der Waals surface area contributed by atoms with E-state index in [4.69, 9.17) is 0 Å². The SMILES string of the molecule is CC1=CC[C-]=C1.[F-].[F-].[Zr+2]=[CH]Cc1ccccc1.c1ccc2c(c1)[cH-]c1ccccc12. The van der Waals surface area contributed by atoms with Crippen LogP contribution in [0.25, 0.3) is 21.5 Å². The second kappa shape index (κ2) is 13.8. The van der Waals surface area contributed by atoms with E-state index in [-0.39, 0.29) is 9.41 Å². The molecule has 4 aromatic carbocycles. The molecule has 0 aromatic heterocycles. The van der Waals surface area contributed by atoms with E-state index in [1.54, 1.807) is 0 Å². The standard InChI is InChI=1S/C13H9.C8H8.C6H7.2FH.Zr/c1-3-7-12-10(5-1)9-11-6-2-4-8-13(11)12;1-2-8-6-4-3-5-7-8;1-6-4-2-3-5-6;;;/h1-9H;1,3-7H,2H2;4-5H,2H2,1H3;2*1H;/q-1;;-1;;;+2/p-2. The van der Waals surface area contributed by atoms with Crippen LogP contribution in [-0.4, -0.2) is 3.71 Å². The van der Waals surface area contributed by atoms with Crippen molar-refractivity contribution < 1.29 is 33.6 Å².